The molecule has 0 bridgehead atoms. The Balaban J connectivity index is 2.21. The molecule has 1 heteroatoms. The van der Waals surface area contributed by atoms with Gasteiger partial charge < -0.3 is 4.90 Å². The Hall–Kier alpha value is -1.60. The van der Waals surface area contributed by atoms with E-state index < -0.39 is 0 Å². The summed E-state index contributed by atoms with van der Waals surface area (Å²) in [5.74, 6) is 0.558. The third kappa shape index (κ3) is 2.48. The Morgan fingerprint density at radius 3 is 1.82 bits per heavy atom. The van der Waals surface area contributed by atoms with Crippen molar-refractivity contribution in [3.63, 3.8) is 0 Å². The highest BCUT2D eigenvalue weighted by molar-refractivity contribution is 5.49. The van der Waals surface area contributed by atoms with Gasteiger partial charge in [0, 0.05) is 12.0 Å². The van der Waals surface area contributed by atoms with Gasteiger partial charge in [-0.3, -0.25) is 0 Å². The molecule has 0 saturated carbocycles. The van der Waals surface area contributed by atoms with Crippen molar-refractivity contribution in [2.24, 2.45) is 5.92 Å². The summed E-state index contributed by atoms with van der Waals surface area (Å²) in [5, 5.41) is 0. The molecule has 1 aliphatic carbocycles. The molecule has 116 valence electrons. The lowest BCUT2D eigenvalue weighted by molar-refractivity contribution is 0.267. The van der Waals surface area contributed by atoms with E-state index in [0.717, 1.165) is 19.4 Å². The minimum Gasteiger partial charge on any atom is -0.309 e. The van der Waals surface area contributed by atoms with Gasteiger partial charge in [0.25, 0.3) is 0 Å². The molecule has 1 aliphatic rings. The van der Waals surface area contributed by atoms with Crippen molar-refractivity contribution in [3.8, 4) is 0 Å². The molecule has 0 amide bonds. The molecule has 0 radical (unpaired) electrons. The highest BCUT2D eigenvalue weighted by atomic mass is 15.1. The second-order valence-electron chi connectivity index (χ2n) is 7.18. The molecule has 0 N–H and O–H groups in total. The second kappa shape index (κ2) is 5.89. The fourth-order valence-corrected chi connectivity index (χ4v) is 4.17. The van der Waals surface area contributed by atoms with Crippen LogP contribution in [0.4, 0.5) is 0 Å². The largest absolute Gasteiger partial charge is 0.309 e. The molecular formula is C21H27N. The summed E-state index contributed by atoms with van der Waals surface area (Å²) in [6.45, 7) is 5.95. The Kier molecular flexibility index (Phi) is 4.10. The van der Waals surface area contributed by atoms with Gasteiger partial charge in [0.2, 0.25) is 0 Å². The van der Waals surface area contributed by atoms with Gasteiger partial charge in [0.15, 0.2) is 0 Å². The minimum absolute atomic E-state index is 0.0773. The topological polar surface area (TPSA) is 3.24 Å². The molecule has 0 spiro atoms. The first kappa shape index (κ1) is 15.3. The molecule has 3 rings (SSSR count). The molecule has 1 nitrogen and oxygen atoms in total. The number of hydrogen-bond donors (Lipinski definition) is 0. The molecule has 22 heavy (non-hydrogen) atoms. The van der Waals surface area contributed by atoms with Crippen LogP contribution in [-0.4, -0.2) is 25.5 Å². The van der Waals surface area contributed by atoms with Crippen LogP contribution < -0.4 is 0 Å². The van der Waals surface area contributed by atoms with E-state index in [1.165, 1.54) is 22.3 Å². The highest BCUT2D eigenvalue weighted by Gasteiger charge is 2.39. The zero-order valence-corrected chi connectivity index (χ0v) is 14.3. The maximum absolute atomic E-state index is 2.45. The van der Waals surface area contributed by atoms with E-state index in [4.69, 9.17) is 0 Å². The first-order chi connectivity index (χ1) is 10.5. The third-order valence-electron chi connectivity index (χ3n) is 5.44. The molecule has 0 saturated heterocycles. The molecule has 0 aliphatic heterocycles. The Labute approximate surface area is 135 Å². The van der Waals surface area contributed by atoms with E-state index in [2.05, 4.69) is 81.4 Å². The normalized spacial score (nSPS) is 17.5. The average molecular weight is 293 g/mol. The summed E-state index contributed by atoms with van der Waals surface area (Å²) in [7, 11) is 4.35. The molecule has 0 fully saturated rings. The van der Waals surface area contributed by atoms with Crippen LogP contribution in [0.2, 0.25) is 0 Å². The van der Waals surface area contributed by atoms with Gasteiger partial charge in [-0.05, 0) is 55.1 Å². The highest BCUT2D eigenvalue weighted by Crippen LogP contribution is 2.44. The smallest absolute Gasteiger partial charge is 0.0217 e. The molecule has 1 atom stereocenters. The van der Waals surface area contributed by atoms with Crippen LogP contribution in [0.3, 0.4) is 0 Å². The van der Waals surface area contributed by atoms with Crippen molar-refractivity contribution in [1.29, 1.82) is 0 Å². The fourth-order valence-electron chi connectivity index (χ4n) is 4.17. The Bertz CT molecular complexity index is 609. The van der Waals surface area contributed by atoms with Gasteiger partial charge in [0.1, 0.15) is 0 Å². The van der Waals surface area contributed by atoms with E-state index in [-0.39, 0.29) is 5.41 Å². The van der Waals surface area contributed by atoms with Gasteiger partial charge in [-0.25, -0.2) is 0 Å². The maximum Gasteiger partial charge on any atom is 0.0217 e. The van der Waals surface area contributed by atoms with Gasteiger partial charge in [-0.1, -0.05) is 62.4 Å². The van der Waals surface area contributed by atoms with Crippen molar-refractivity contribution < 1.29 is 0 Å². The van der Waals surface area contributed by atoms with Crippen molar-refractivity contribution >= 4 is 0 Å². The zero-order valence-electron chi connectivity index (χ0n) is 14.3. The summed E-state index contributed by atoms with van der Waals surface area (Å²) in [6.07, 6.45) is 2.30. The number of rotatable bonds is 3. The van der Waals surface area contributed by atoms with E-state index in [9.17, 15) is 0 Å². The summed E-state index contributed by atoms with van der Waals surface area (Å²) < 4.78 is 0. The number of hydrogen-bond acceptors (Lipinski definition) is 1. The van der Waals surface area contributed by atoms with Crippen LogP contribution in [0.5, 0.6) is 0 Å². The number of fused-ring (bicyclic) bond motifs is 2. The molecule has 0 heterocycles. The molecular weight excluding hydrogens is 266 g/mol. The van der Waals surface area contributed by atoms with E-state index in [1.54, 1.807) is 0 Å². The summed E-state index contributed by atoms with van der Waals surface area (Å²) in [5.41, 5.74) is 6.16. The molecule has 2 aromatic carbocycles. The van der Waals surface area contributed by atoms with Gasteiger partial charge in [-0.2, -0.15) is 0 Å². The number of aryl methyl sites for hydroxylation is 2. The Morgan fingerprint density at radius 1 is 0.909 bits per heavy atom. The lowest BCUT2D eigenvalue weighted by Gasteiger charge is -2.39. The van der Waals surface area contributed by atoms with Crippen molar-refractivity contribution in [2.45, 2.75) is 32.1 Å². The summed E-state index contributed by atoms with van der Waals surface area (Å²) in [6, 6.07) is 18.1. The molecule has 0 aromatic heterocycles. The number of nitrogens with zero attached hydrogens (tertiary/aromatic N) is 1. The van der Waals surface area contributed by atoms with Crippen LogP contribution in [0, 0.1) is 5.92 Å². The second-order valence-corrected chi connectivity index (χ2v) is 7.18. The molecule has 2 aromatic rings. The van der Waals surface area contributed by atoms with E-state index in [1.807, 2.05) is 0 Å². The summed E-state index contributed by atoms with van der Waals surface area (Å²) >= 11 is 0. The lowest BCUT2D eigenvalue weighted by Crippen LogP contribution is -2.38. The Morgan fingerprint density at radius 2 is 1.36 bits per heavy atom. The van der Waals surface area contributed by atoms with Gasteiger partial charge in [-0.15, -0.1) is 0 Å². The van der Waals surface area contributed by atoms with Crippen molar-refractivity contribution in [3.05, 3.63) is 70.8 Å². The minimum atomic E-state index is 0.0773. The monoisotopic (exact) mass is 293 g/mol. The standard InChI is InChI=1S/C21H27N/c1-16(15-22(3)4)21(2)19-11-7-5-9-17(19)13-14-18-10-6-8-12-20(18)21/h5-12,16H,13-15H2,1-4H3. The third-order valence-corrected chi connectivity index (χ3v) is 5.44. The predicted molar refractivity (Wildman–Crippen MR) is 94.5 cm³/mol. The SMILES string of the molecule is CC(CN(C)C)C1(C)c2ccccc2CCc2ccccc21. The fraction of sp³-hybridized carbons (Fsp3) is 0.429. The van der Waals surface area contributed by atoms with E-state index in [0.29, 0.717) is 5.92 Å². The van der Waals surface area contributed by atoms with Gasteiger partial charge >= 0.3 is 0 Å². The lowest BCUT2D eigenvalue weighted by atomic mass is 9.66. The quantitative estimate of drug-likeness (QED) is 0.816. The van der Waals surface area contributed by atoms with Gasteiger partial charge in [0.05, 0.1) is 0 Å². The maximum atomic E-state index is 2.45. The van der Waals surface area contributed by atoms with Crippen LogP contribution in [0.1, 0.15) is 36.1 Å². The van der Waals surface area contributed by atoms with Crippen LogP contribution >= 0.6 is 0 Å². The van der Waals surface area contributed by atoms with Crippen molar-refractivity contribution in [2.75, 3.05) is 20.6 Å². The zero-order chi connectivity index (χ0) is 15.7. The summed E-state index contributed by atoms with van der Waals surface area (Å²) in [4.78, 5) is 2.31. The molecule has 1 unspecified atom stereocenters. The van der Waals surface area contributed by atoms with Crippen molar-refractivity contribution in [1.82, 2.24) is 4.90 Å². The first-order valence-electron chi connectivity index (χ1n) is 8.35. The van der Waals surface area contributed by atoms with Crippen LogP contribution in [0.25, 0.3) is 0 Å². The number of benzene rings is 2. The first-order valence-corrected chi connectivity index (χ1v) is 8.35. The predicted octanol–water partition coefficient (Wildman–Crippen LogP) is 4.29. The van der Waals surface area contributed by atoms with Crippen LogP contribution in [0.15, 0.2) is 48.5 Å². The van der Waals surface area contributed by atoms with Crippen LogP contribution in [-0.2, 0) is 18.3 Å². The average Bonchev–Trinajstić information content (AvgIpc) is 2.64. The van der Waals surface area contributed by atoms with E-state index >= 15 is 0 Å².